The van der Waals surface area contributed by atoms with Crippen LogP contribution >= 0.6 is 0 Å². The van der Waals surface area contributed by atoms with Crippen LogP contribution in [0.15, 0.2) is 59.8 Å². The lowest BCUT2D eigenvalue weighted by Crippen LogP contribution is -2.26. The van der Waals surface area contributed by atoms with Gasteiger partial charge in [-0.2, -0.15) is 0 Å². The number of phenols is 1. The first-order valence-corrected chi connectivity index (χ1v) is 7.81. The van der Waals surface area contributed by atoms with Crippen LogP contribution in [-0.2, 0) is 4.79 Å². The third kappa shape index (κ3) is 2.09. The van der Waals surface area contributed by atoms with Gasteiger partial charge >= 0.3 is 0 Å². The van der Waals surface area contributed by atoms with Crippen molar-refractivity contribution in [1.29, 1.82) is 0 Å². The van der Waals surface area contributed by atoms with Crippen LogP contribution in [0.5, 0.6) is 5.75 Å². The average Bonchev–Trinajstić information content (AvgIpc) is 2.92. The molecule has 1 aliphatic rings. The molecule has 0 saturated carbocycles. The van der Waals surface area contributed by atoms with Crippen molar-refractivity contribution in [1.82, 2.24) is 9.55 Å². The minimum Gasteiger partial charge on any atom is -0.508 e. The van der Waals surface area contributed by atoms with E-state index < -0.39 is 0 Å². The number of Topliss-reactive ketones (excluding diaryl/α,β-unsaturated/α-hetero) is 1. The number of anilines is 1. The second kappa shape index (κ2) is 5.23. The van der Waals surface area contributed by atoms with E-state index in [4.69, 9.17) is 0 Å². The van der Waals surface area contributed by atoms with Gasteiger partial charge in [0.15, 0.2) is 5.78 Å². The van der Waals surface area contributed by atoms with Gasteiger partial charge in [-0.05, 0) is 43.7 Å². The number of nitrogens with zero attached hydrogens (tertiary/aromatic N) is 2. The molecule has 0 aliphatic carbocycles. The highest BCUT2D eigenvalue weighted by atomic mass is 16.3. The predicted octanol–water partition coefficient (Wildman–Crippen LogP) is 3.62. The summed E-state index contributed by atoms with van der Waals surface area (Å²) in [6.45, 7) is 3.48. The topological polar surface area (TPSA) is 67.2 Å². The monoisotopic (exact) mass is 319 g/mol. The summed E-state index contributed by atoms with van der Waals surface area (Å²) in [6.07, 6.45) is 0. The van der Waals surface area contributed by atoms with Crippen molar-refractivity contribution >= 4 is 22.8 Å². The number of hydrogen-bond donors (Lipinski definition) is 2. The van der Waals surface area contributed by atoms with E-state index in [0.717, 1.165) is 28.2 Å². The molecule has 0 fully saturated rings. The van der Waals surface area contributed by atoms with Crippen molar-refractivity contribution in [2.45, 2.75) is 19.9 Å². The van der Waals surface area contributed by atoms with E-state index in [2.05, 4.69) is 10.3 Å². The standard InChI is InChI=1S/C19H17N3O2/c1-11-17(12(2)23)18(13-7-9-14(24)10-8-13)22-16-6-4-3-5-15(16)21-19(22)20-11/h3-10,18,24H,1-2H3,(H,20,21)/t18-/m0/s1. The predicted molar refractivity (Wildman–Crippen MR) is 93.0 cm³/mol. The maximum absolute atomic E-state index is 12.3. The number of phenolic OH excluding ortho intramolecular Hbond substituents is 1. The van der Waals surface area contributed by atoms with Gasteiger partial charge in [-0.3, -0.25) is 9.36 Å². The molecule has 1 aliphatic heterocycles. The van der Waals surface area contributed by atoms with Gasteiger partial charge in [0, 0.05) is 11.3 Å². The summed E-state index contributed by atoms with van der Waals surface area (Å²) in [5.74, 6) is 0.937. The van der Waals surface area contributed by atoms with Crippen molar-refractivity contribution in [3.63, 3.8) is 0 Å². The molecule has 1 aromatic heterocycles. The average molecular weight is 319 g/mol. The maximum atomic E-state index is 12.3. The number of carbonyl (C=O) groups excluding carboxylic acids is 1. The number of ketones is 1. The van der Waals surface area contributed by atoms with Crippen LogP contribution in [0.4, 0.5) is 5.95 Å². The Labute approximate surface area is 139 Å². The third-order valence-corrected chi connectivity index (χ3v) is 4.42. The molecule has 0 spiro atoms. The highest BCUT2D eigenvalue weighted by Crippen LogP contribution is 2.39. The van der Waals surface area contributed by atoms with Gasteiger partial charge in [0.2, 0.25) is 5.95 Å². The first kappa shape index (κ1) is 14.5. The SMILES string of the molecule is CC(=O)C1=C(C)Nc2nc3ccccc3n2[C@H]1c1ccc(O)cc1. The van der Waals surface area contributed by atoms with Crippen LogP contribution in [0.3, 0.4) is 0 Å². The highest BCUT2D eigenvalue weighted by Gasteiger charge is 2.32. The first-order valence-electron chi connectivity index (χ1n) is 7.81. The zero-order valence-corrected chi connectivity index (χ0v) is 13.4. The number of hydrogen-bond acceptors (Lipinski definition) is 4. The largest absolute Gasteiger partial charge is 0.508 e. The Hall–Kier alpha value is -3.08. The second-order valence-electron chi connectivity index (χ2n) is 6.01. The van der Waals surface area contributed by atoms with Gasteiger partial charge in [0.1, 0.15) is 5.75 Å². The molecule has 2 heterocycles. The summed E-state index contributed by atoms with van der Waals surface area (Å²) in [5.41, 5.74) is 4.29. The van der Waals surface area contributed by atoms with Gasteiger partial charge in [-0.1, -0.05) is 24.3 Å². The van der Waals surface area contributed by atoms with Gasteiger partial charge in [0.05, 0.1) is 17.1 Å². The normalized spacial score (nSPS) is 16.8. The first-order chi connectivity index (χ1) is 11.6. The van der Waals surface area contributed by atoms with E-state index in [1.54, 1.807) is 19.1 Å². The summed E-state index contributed by atoms with van der Waals surface area (Å²) >= 11 is 0. The number of imidazole rings is 1. The number of para-hydroxylation sites is 2. The molecular weight excluding hydrogens is 302 g/mol. The van der Waals surface area contributed by atoms with Crippen molar-refractivity contribution in [3.05, 3.63) is 65.4 Å². The Kier molecular flexibility index (Phi) is 3.16. The number of rotatable bonds is 2. The number of carbonyl (C=O) groups is 1. The van der Waals surface area contributed by atoms with E-state index in [1.807, 2.05) is 47.9 Å². The Bertz CT molecular complexity index is 984. The molecule has 0 amide bonds. The Balaban J connectivity index is 2.03. The lowest BCUT2D eigenvalue weighted by atomic mass is 9.92. The molecule has 3 aromatic rings. The van der Waals surface area contributed by atoms with Crippen molar-refractivity contribution in [2.75, 3.05) is 5.32 Å². The van der Waals surface area contributed by atoms with Crippen molar-refractivity contribution in [3.8, 4) is 5.75 Å². The lowest BCUT2D eigenvalue weighted by molar-refractivity contribution is -0.114. The minimum absolute atomic E-state index is 0.0153. The number of aromatic hydroxyl groups is 1. The molecule has 120 valence electrons. The number of nitrogens with one attached hydrogen (secondary N) is 1. The summed E-state index contributed by atoms with van der Waals surface area (Å²) in [4.78, 5) is 17.0. The molecule has 2 N–H and O–H groups in total. The Morgan fingerprint density at radius 3 is 2.58 bits per heavy atom. The zero-order valence-electron chi connectivity index (χ0n) is 13.4. The summed E-state index contributed by atoms with van der Waals surface area (Å²) in [5, 5.41) is 12.9. The van der Waals surface area contributed by atoms with Crippen LogP contribution in [-0.4, -0.2) is 20.4 Å². The number of benzene rings is 2. The van der Waals surface area contributed by atoms with Crippen LogP contribution in [0.25, 0.3) is 11.0 Å². The quantitative estimate of drug-likeness (QED) is 0.757. The van der Waals surface area contributed by atoms with E-state index in [-0.39, 0.29) is 17.6 Å². The van der Waals surface area contributed by atoms with Crippen molar-refractivity contribution in [2.24, 2.45) is 0 Å². The minimum atomic E-state index is -0.272. The molecule has 0 unspecified atom stereocenters. The zero-order chi connectivity index (χ0) is 16.8. The fourth-order valence-corrected chi connectivity index (χ4v) is 3.39. The highest BCUT2D eigenvalue weighted by molar-refractivity contribution is 5.97. The summed E-state index contributed by atoms with van der Waals surface area (Å²) in [7, 11) is 0. The van der Waals surface area contributed by atoms with Crippen LogP contribution in [0, 0.1) is 0 Å². The molecule has 0 bridgehead atoms. The van der Waals surface area contributed by atoms with E-state index in [9.17, 15) is 9.90 Å². The molecule has 2 aromatic carbocycles. The van der Waals surface area contributed by atoms with Gasteiger partial charge in [-0.25, -0.2) is 4.98 Å². The van der Waals surface area contributed by atoms with Gasteiger partial charge in [0.25, 0.3) is 0 Å². The number of fused-ring (bicyclic) bond motifs is 3. The molecule has 5 nitrogen and oxygen atoms in total. The fraction of sp³-hybridized carbons (Fsp3) is 0.158. The van der Waals surface area contributed by atoms with Crippen molar-refractivity contribution < 1.29 is 9.90 Å². The Morgan fingerprint density at radius 1 is 1.17 bits per heavy atom. The lowest BCUT2D eigenvalue weighted by Gasteiger charge is -2.30. The van der Waals surface area contributed by atoms with E-state index in [0.29, 0.717) is 5.57 Å². The summed E-state index contributed by atoms with van der Waals surface area (Å²) in [6, 6.07) is 14.6. The van der Waals surface area contributed by atoms with Crippen LogP contribution in [0.2, 0.25) is 0 Å². The molecule has 0 saturated heterocycles. The summed E-state index contributed by atoms with van der Waals surface area (Å²) < 4.78 is 2.05. The smallest absolute Gasteiger partial charge is 0.209 e. The fourth-order valence-electron chi connectivity index (χ4n) is 3.39. The molecule has 4 rings (SSSR count). The number of aromatic nitrogens is 2. The molecule has 24 heavy (non-hydrogen) atoms. The molecular formula is C19H17N3O2. The second-order valence-corrected chi connectivity index (χ2v) is 6.01. The third-order valence-electron chi connectivity index (χ3n) is 4.42. The molecule has 0 radical (unpaired) electrons. The van der Waals surface area contributed by atoms with Gasteiger partial charge in [-0.15, -0.1) is 0 Å². The van der Waals surface area contributed by atoms with E-state index in [1.165, 1.54) is 0 Å². The number of allylic oxidation sites excluding steroid dienone is 2. The van der Waals surface area contributed by atoms with Gasteiger partial charge < -0.3 is 10.4 Å². The van der Waals surface area contributed by atoms with E-state index >= 15 is 0 Å². The maximum Gasteiger partial charge on any atom is 0.209 e. The Morgan fingerprint density at radius 2 is 1.88 bits per heavy atom. The van der Waals surface area contributed by atoms with Crippen LogP contribution in [0.1, 0.15) is 25.5 Å². The van der Waals surface area contributed by atoms with Crippen LogP contribution < -0.4 is 5.32 Å². The molecule has 1 atom stereocenters. The molecule has 5 heteroatoms.